The van der Waals surface area contributed by atoms with Gasteiger partial charge in [-0.1, -0.05) is 60.7 Å². The van der Waals surface area contributed by atoms with Crippen molar-refractivity contribution in [3.05, 3.63) is 105 Å². The van der Waals surface area contributed by atoms with E-state index in [1.807, 2.05) is 0 Å². The molecule has 0 N–H and O–H groups in total. The summed E-state index contributed by atoms with van der Waals surface area (Å²) in [4.78, 5) is 0. The molecule has 0 saturated heterocycles. The van der Waals surface area contributed by atoms with Crippen molar-refractivity contribution in [3.63, 3.8) is 0 Å². The van der Waals surface area contributed by atoms with E-state index in [0.29, 0.717) is 11.8 Å². The van der Waals surface area contributed by atoms with Crippen LogP contribution in [0.1, 0.15) is 82.0 Å². The van der Waals surface area contributed by atoms with Crippen LogP contribution in [0.2, 0.25) is 0 Å². The van der Waals surface area contributed by atoms with E-state index in [0.717, 1.165) is 0 Å². The van der Waals surface area contributed by atoms with Gasteiger partial charge in [-0.25, -0.2) is 0 Å². The van der Waals surface area contributed by atoms with Crippen LogP contribution in [-0.2, 0) is 12.8 Å². The minimum atomic E-state index is 0.407. The van der Waals surface area contributed by atoms with E-state index >= 15 is 0 Å². The van der Waals surface area contributed by atoms with Gasteiger partial charge in [0.05, 0.1) is 0 Å². The monoisotopic (exact) mass is 430 g/mol. The second-order valence-corrected chi connectivity index (χ2v) is 9.98. The van der Waals surface area contributed by atoms with E-state index in [4.69, 9.17) is 0 Å². The topological polar surface area (TPSA) is 0 Å². The van der Waals surface area contributed by atoms with Crippen molar-refractivity contribution in [2.24, 2.45) is 0 Å². The number of unbranched alkanes of at least 4 members (excludes halogenated alkanes) is 2. The number of rotatable bonds is 8. The van der Waals surface area contributed by atoms with Crippen molar-refractivity contribution in [1.29, 1.82) is 0 Å². The molecule has 0 amide bonds. The van der Waals surface area contributed by atoms with Gasteiger partial charge in [-0.15, -0.1) is 18.5 Å². The fourth-order valence-electron chi connectivity index (χ4n) is 5.79. The summed E-state index contributed by atoms with van der Waals surface area (Å²) in [5.74, 6) is 0.815. The lowest BCUT2D eigenvalue weighted by Crippen LogP contribution is -2.29. The van der Waals surface area contributed by atoms with Crippen LogP contribution in [0, 0.1) is 0 Å². The molecule has 154 valence electrons. The molecule has 2 unspecified atom stereocenters. The van der Waals surface area contributed by atoms with Gasteiger partial charge >= 0.3 is 0 Å². The van der Waals surface area contributed by atoms with Crippen LogP contribution in [-0.4, -0.2) is 12.3 Å². The van der Waals surface area contributed by atoms with E-state index in [-0.39, 0.29) is 0 Å². The summed E-state index contributed by atoms with van der Waals surface area (Å²) >= 11 is 0. The molecule has 0 aliphatic heterocycles. The highest BCUT2D eigenvalue weighted by Crippen LogP contribution is 2.57. The summed E-state index contributed by atoms with van der Waals surface area (Å²) in [6.07, 6.45) is 9.95. The van der Waals surface area contributed by atoms with Gasteiger partial charge in [0.2, 0.25) is 0 Å². The fourth-order valence-corrected chi connectivity index (χ4v) is 6.37. The highest BCUT2D eigenvalue weighted by atomic mass is 31.0. The zero-order chi connectivity index (χ0) is 20.5. The Hall–Kier alpha value is -1.48. The molecule has 0 spiro atoms. The predicted molar refractivity (Wildman–Crippen MR) is 136 cm³/mol. The van der Waals surface area contributed by atoms with Crippen molar-refractivity contribution < 1.29 is 0 Å². The van der Waals surface area contributed by atoms with Crippen molar-refractivity contribution in [1.82, 2.24) is 0 Å². The summed E-state index contributed by atoms with van der Waals surface area (Å²) in [5.41, 5.74) is 12.7. The second kappa shape index (κ2) is 8.94. The van der Waals surface area contributed by atoms with Crippen LogP contribution in [0.15, 0.2) is 60.7 Å². The van der Waals surface area contributed by atoms with Gasteiger partial charge in [-0.2, -0.15) is 0 Å². The van der Waals surface area contributed by atoms with Crippen LogP contribution in [0.5, 0.6) is 0 Å². The molecule has 0 nitrogen and oxygen atoms in total. The van der Waals surface area contributed by atoms with E-state index in [9.17, 15) is 0 Å². The Labute approximate surface area is 186 Å². The van der Waals surface area contributed by atoms with E-state index in [2.05, 4.69) is 79.1 Å². The first kappa shape index (κ1) is 20.4. The molecule has 30 heavy (non-hydrogen) atoms. The van der Waals surface area contributed by atoms with Crippen LogP contribution in [0.3, 0.4) is 0 Å². The summed E-state index contributed by atoms with van der Waals surface area (Å²) in [7, 11) is 5.78. The molecule has 0 heterocycles. The van der Waals surface area contributed by atoms with E-state index < -0.39 is 0 Å². The van der Waals surface area contributed by atoms with Crippen LogP contribution in [0.4, 0.5) is 0 Å². The Balaban J connectivity index is 1.70. The summed E-state index contributed by atoms with van der Waals surface area (Å²) in [6.45, 7) is 0. The molecule has 0 aromatic heterocycles. The highest BCUT2D eigenvalue weighted by Gasteiger charge is 2.42. The van der Waals surface area contributed by atoms with Crippen molar-refractivity contribution >= 4 is 18.5 Å². The lowest BCUT2D eigenvalue weighted by atomic mass is 9.59. The van der Waals surface area contributed by atoms with Crippen molar-refractivity contribution in [3.8, 4) is 0 Å². The van der Waals surface area contributed by atoms with E-state index in [1.165, 1.54) is 50.8 Å². The van der Waals surface area contributed by atoms with Crippen LogP contribution >= 0.6 is 18.5 Å². The third-order valence-electron chi connectivity index (χ3n) is 7.08. The molecule has 2 bridgehead atoms. The maximum absolute atomic E-state index is 2.89. The third-order valence-corrected chi connectivity index (χ3v) is 7.90. The quantitative estimate of drug-likeness (QED) is 0.182. The van der Waals surface area contributed by atoms with Crippen molar-refractivity contribution in [2.45, 2.75) is 50.4 Å². The SMILES string of the molecule is PCCCCc1ccc(CCCCP)c2c1C1c3ccccc3C2c2ccccc21. The Morgan fingerprint density at radius 3 is 1.20 bits per heavy atom. The maximum Gasteiger partial charge on any atom is 0.0352 e. The molecular formula is C28H32P2. The lowest BCUT2D eigenvalue weighted by molar-refractivity contribution is 0.705. The zero-order valence-electron chi connectivity index (χ0n) is 17.7. The molecule has 3 aromatic carbocycles. The minimum absolute atomic E-state index is 0.407. The van der Waals surface area contributed by atoms with E-state index in [1.54, 1.807) is 44.5 Å². The number of aryl methyl sites for hydroxylation is 2. The Morgan fingerprint density at radius 1 is 0.500 bits per heavy atom. The van der Waals surface area contributed by atoms with Gasteiger partial charge < -0.3 is 0 Å². The van der Waals surface area contributed by atoms with Crippen LogP contribution < -0.4 is 0 Å². The predicted octanol–water partition coefficient (Wildman–Crippen LogP) is 7.07. The lowest BCUT2D eigenvalue weighted by Gasteiger charge is -2.44. The standard InChI is InChI=1S/C28H32P2/c29-17-7-5-9-19-15-16-20(10-6-8-18-30)26-25(19)27-21-11-1-2-12-22(21)28(26)24-14-4-3-13-23(24)27/h1-4,11-16,27-28H,5-10,17-18,29-30H2. The molecule has 2 atom stereocenters. The Bertz CT molecular complexity index is 922. The highest BCUT2D eigenvalue weighted by molar-refractivity contribution is 7.16. The third kappa shape index (κ3) is 3.38. The number of hydrogen-bond donors (Lipinski definition) is 0. The summed E-state index contributed by atoms with van der Waals surface area (Å²) in [5, 5.41) is 0. The average Bonchev–Trinajstić information content (AvgIpc) is 2.80. The molecule has 0 saturated carbocycles. The van der Waals surface area contributed by atoms with Gasteiger partial charge in [0.25, 0.3) is 0 Å². The van der Waals surface area contributed by atoms with Gasteiger partial charge in [-0.3, -0.25) is 0 Å². The average molecular weight is 431 g/mol. The fraction of sp³-hybridized carbons (Fsp3) is 0.357. The second-order valence-electron chi connectivity index (χ2n) is 8.83. The summed E-state index contributed by atoms with van der Waals surface area (Å²) < 4.78 is 0. The molecule has 3 aliphatic rings. The first-order valence-electron chi connectivity index (χ1n) is 11.6. The molecule has 2 heteroatoms. The largest absolute Gasteiger partial charge is 0.138 e. The van der Waals surface area contributed by atoms with Gasteiger partial charge in [0, 0.05) is 11.8 Å². The number of benzene rings is 3. The van der Waals surface area contributed by atoms with Gasteiger partial charge in [0.1, 0.15) is 0 Å². The minimum Gasteiger partial charge on any atom is -0.138 e. The molecule has 3 aliphatic carbocycles. The zero-order valence-corrected chi connectivity index (χ0v) is 20.0. The van der Waals surface area contributed by atoms with Crippen LogP contribution in [0.25, 0.3) is 0 Å². The normalized spacial score (nSPS) is 18.1. The Kier molecular flexibility index (Phi) is 6.09. The maximum atomic E-state index is 2.89. The number of hydrogen-bond acceptors (Lipinski definition) is 0. The molecule has 3 aromatic rings. The van der Waals surface area contributed by atoms with Crippen molar-refractivity contribution in [2.75, 3.05) is 12.3 Å². The molecule has 6 rings (SSSR count). The molecule has 0 radical (unpaired) electrons. The van der Waals surface area contributed by atoms with Gasteiger partial charge in [0.15, 0.2) is 0 Å². The first-order valence-corrected chi connectivity index (χ1v) is 13.2. The molecule has 0 fully saturated rings. The van der Waals surface area contributed by atoms with Gasteiger partial charge in [-0.05, 0) is 95.4 Å². The molecular weight excluding hydrogens is 398 g/mol. The summed E-state index contributed by atoms with van der Waals surface area (Å²) in [6, 6.07) is 23.4. The Morgan fingerprint density at radius 2 is 0.867 bits per heavy atom. The first-order chi connectivity index (χ1) is 14.8. The smallest absolute Gasteiger partial charge is 0.0352 e.